The van der Waals surface area contributed by atoms with E-state index in [-0.39, 0.29) is 0 Å². The Balaban J connectivity index is 1.88. The molecule has 0 fully saturated rings. The highest BCUT2D eigenvalue weighted by Crippen LogP contribution is 2.24. The van der Waals surface area contributed by atoms with Crippen LogP contribution in [0.5, 0.6) is 0 Å². The van der Waals surface area contributed by atoms with Gasteiger partial charge in [-0.05, 0) is 29.8 Å². The van der Waals surface area contributed by atoms with Gasteiger partial charge in [-0.25, -0.2) is 0 Å². The summed E-state index contributed by atoms with van der Waals surface area (Å²) in [6, 6.07) is 11.9. The minimum atomic E-state index is 0.759. The van der Waals surface area contributed by atoms with Crippen molar-refractivity contribution in [2.45, 2.75) is 6.54 Å². The molecule has 0 spiro atoms. The molecule has 20 heavy (non-hydrogen) atoms. The highest BCUT2D eigenvalue weighted by molar-refractivity contribution is 8.14. The lowest BCUT2D eigenvalue weighted by molar-refractivity contribution is 1.00. The van der Waals surface area contributed by atoms with Gasteiger partial charge in [0.15, 0.2) is 5.17 Å². The summed E-state index contributed by atoms with van der Waals surface area (Å²) >= 11 is 7.73. The largest absolute Gasteiger partial charge is 0.315 e. The van der Waals surface area contributed by atoms with E-state index in [0.29, 0.717) is 0 Å². The van der Waals surface area contributed by atoms with E-state index in [0.717, 1.165) is 34.7 Å². The van der Waals surface area contributed by atoms with Crippen LogP contribution in [0, 0.1) is 0 Å². The van der Waals surface area contributed by atoms with E-state index in [1.54, 1.807) is 18.0 Å². The fourth-order valence-corrected chi connectivity index (χ4v) is 3.04. The Hall–Kier alpha value is -1.52. The molecule has 0 bridgehead atoms. The number of halogens is 1. The molecule has 1 aromatic heterocycles. The quantitative estimate of drug-likeness (QED) is 0.862. The number of hydrogen-bond donors (Lipinski definition) is 0. The Bertz CT molecular complexity index is 598. The minimum absolute atomic E-state index is 0.759. The van der Waals surface area contributed by atoms with Crippen molar-refractivity contribution >= 4 is 34.2 Å². The third kappa shape index (κ3) is 3.14. The molecule has 0 unspecified atom stereocenters. The summed E-state index contributed by atoms with van der Waals surface area (Å²) in [6.07, 6.45) is 3.66. The van der Waals surface area contributed by atoms with Crippen LogP contribution in [-0.4, -0.2) is 22.4 Å². The zero-order valence-corrected chi connectivity index (χ0v) is 12.4. The Morgan fingerprint density at radius 1 is 1.20 bits per heavy atom. The fourth-order valence-electron chi connectivity index (χ4n) is 2.04. The summed E-state index contributed by atoms with van der Waals surface area (Å²) in [5.74, 6) is 1.05. The second kappa shape index (κ2) is 6.29. The third-order valence-corrected chi connectivity index (χ3v) is 4.26. The number of pyridine rings is 1. The molecule has 0 saturated carbocycles. The van der Waals surface area contributed by atoms with Crippen LogP contribution in [0.3, 0.4) is 0 Å². The molecule has 0 atom stereocenters. The number of hydrogen-bond acceptors (Lipinski definition) is 4. The van der Waals surface area contributed by atoms with Crippen LogP contribution >= 0.6 is 23.4 Å². The van der Waals surface area contributed by atoms with E-state index in [1.165, 1.54) is 5.56 Å². The maximum atomic E-state index is 5.94. The predicted octanol–water partition coefficient (Wildman–Crippen LogP) is 3.84. The Morgan fingerprint density at radius 2 is 2.05 bits per heavy atom. The molecule has 0 saturated heterocycles. The van der Waals surface area contributed by atoms with Gasteiger partial charge in [0.1, 0.15) is 0 Å². The van der Waals surface area contributed by atoms with Crippen LogP contribution in [-0.2, 0) is 6.54 Å². The van der Waals surface area contributed by atoms with Crippen LogP contribution < -0.4 is 4.90 Å². The number of amidine groups is 1. The van der Waals surface area contributed by atoms with Gasteiger partial charge < -0.3 is 4.90 Å². The molecule has 2 aromatic rings. The van der Waals surface area contributed by atoms with E-state index in [9.17, 15) is 0 Å². The van der Waals surface area contributed by atoms with Crippen LogP contribution in [0.25, 0.3) is 0 Å². The zero-order chi connectivity index (χ0) is 13.8. The van der Waals surface area contributed by atoms with Crippen molar-refractivity contribution < 1.29 is 0 Å². The molecule has 102 valence electrons. The molecule has 1 aliphatic heterocycles. The first-order chi connectivity index (χ1) is 9.83. The van der Waals surface area contributed by atoms with Crippen molar-refractivity contribution in [3.8, 4) is 0 Å². The topological polar surface area (TPSA) is 28.5 Å². The Kier molecular flexibility index (Phi) is 4.23. The molecule has 0 aliphatic carbocycles. The first-order valence-electron chi connectivity index (χ1n) is 6.42. The van der Waals surface area contributed by atoms with Crippen molar-refractivity contribution in [2.75, 3.05) is 17.2 Å². The lowest BCUT2D eigenvalue weighted by Crippen LogP contribution is -2.27. The molecule has 5 heteroatoms. The molecule has 0 radical (unpaired) electrons. The SMILES string of the molecule is Clc1ccc(CN(C2=NCCS2)c2cccnc2)cc1. The maximum Gasteiger partial charge on any atom is 0.164 e. The lowest BCUT2D eigenvalue weighted by Gasteiger charge is -2.23. The second-order valence-corrected chi connectivity index (χ2v) is 5.94. The molecule has 3 rings (SSSR count). The third-order valence-electron chi connectivity index (χ3n) is 3.01. The van der Waals surface area contributed by atoms with Gasteiger partial charge in [-0.2, -0.15) is 0 Å². The molecular formula is C15H14ClN3S. The normalized spacial score (nSPS) is 14.2. The fraction of sp³-hybridized carbons (Fsp3) is 0.200. The van der Waals surface area contributed by atoms with Crippen molar-refractivity contribution in [3.63, 3.8) is 0 Å². The maximum absolute atomic E-state index is 5.94. The number of rotatable bonds is 3. The highest BCUT2D eigenvalue weighted by atomic mass is 35.5. The van der Waals surface area contributed by atoms with E-state index < -0.39 is 0 Å². The molecular weight excluding hydrogens is 290 g/mol. The summed E-state index contributed by atoms with van der Waals surface area (Å²) in [5.41, 5.74) is 2.27. The summed E-state index contributed by atoms with van der Waals surface area (Å²) in [5, 5.41) is 1.82. The molecule has 2 heterocycles. The Labute approximate surface area is 127 Å². The number of benzene rings is 1. The second-order valence-electron chi connectivity index (χ2n) is 4.44. The van der Waals surface area contributed by atoms with E-state index in [2.05, 4.69) is 20.9 Å². The van der Waals surface area contributed by atoms with E-state index in [1.807, 2.05) is 36.5 Å². The summed E-state index contributed by atoms with van der Waals surface area (Å²) in [4.78, 5) is 11.0. The average molecular weight is 304 g/mol. The number of aliphatic imine (C=N–C) groups is 1. The first-order valence-corrected chi connectivity index (χ1v) is 7.78. The van der Waals surface area contributed by atoms with E-state index in [4.69, 9.17) is 11.6 Å². The molecule has 0 N–H and O–H groups in total. The van der Waals surface area contributed by atoms with Gasteiger partial charge >= 0.3 is 0 Å². The van der Waals surface area contributed by atoms with Crippen LogP contribution in [0.4, 0.5) is 5.69 Å². The van der Waals surface area contributed by atoms with Crippen molar-refractivity contribution in [1.29, 1.82) is 0 Å². The summed E-state index contributed by atoms with van der Waals surface area (Å²) < 4.78 is 0. The van der Waals surface area contributed by atoms with Gasteiger partial charge in [-0.3, -0.25) is 9.98 Å². The van der Waals surface area contributed by atoms with Gasteiger partial charge in [0, 0.05) is 17.0 Å². The van der Waals surface area contributed by atoms with Crippen LogP contribution in [0.2, 0.25) is 5.02 Å². The van der Waals surface area contributed by atoms with Gasteiger partial charge in [0.2, 0.25) is 0 Å². The van der Waals surface area contributed by atoms with Crippen molar-refractivity contribution in [1.82, 2.24) is 4.98 Å². The highest BCUT2D eigenvalue weighted by Gasteiger charge is 2.18. The Morgan fingerprint density at radius 3 is 2.70 bits per heavy atom. The molecule has 1 aliphatic rings. The standard InChI is InChI=1S/C15H14ClN3S/c16-13-5-3-12(4-6-13)11-19(15-18-8-9-20-15)14-2-1-7-17-10-14/h1-7,10H,8-9,11H2. The van der Waals surface area contributed by atoms with E-state index >= 15 is 0 Å². The monoisotopic (exact) mass is 303 g/mol. The predicted molar refractivity (Wildman–Crippen MR) is 86.6 cm³/mol. The molecule has 1 aromatic carbocycles. The van der Waals surface area contributed by atoms with Crippen molar-refractivity contribution in [2.24, 2.45) is 4.99 Å². The van der Waals surface area contributed by atoms with Crippen molar-refractivity contribution in [3.05, 3.63) is 59.4 Å². The van der Waals surface area contributed by atoms with Gasteiger partial charge in [-0.15, -0.1) is 0 Å². The lowest BCUT2D eigenvalue weighted by atomic mass is 10.2. The smallest absolute Gasteiger partial charge is 0.164 e. The first kappa shape index (κ1) is 13.5. The van der Waals surface area contributed by atoms with Gasteiger partial charge in [0.25, 0.3) is 0 Å². The van der Waals surface area contributed by atoms with Crippen LogP contribution in [0.15, 0.2) is 53.8 Å². The molecule has 0 amide bonds. The van der Waals surface area contributed by atoms with Gasteiger partial charge in [0.05, 0.1) is 25.0 Å². The zero-order valence-electron chi connectivity index (χ0n) is 10.9. The summed E-state index contributed by atoms with van der Waals surface area (Å²) in [7, 11) is 0. The number of nitrogens with zero attached hydrogens (tertiary/aromatic N) is 3. The number of anilines is 1. The average Bonchev–Trinajstić information content (AvgIpc) is 3.01. The summed E-state index contributed by atoms with van der Waals surface area (Å²) in [6.45, 7) is 1.66. The number of aromatic nitrogens is 1. The number of thioether (sulfide) groups is 1. The van der Waals surface area contributed by atoms with Gasteiger partial charge in [-0.1, -0.05) is 35.5 Å². The van der Waals surface area contributed by atoms with Crippen LogP contribution in [0.1, 0.15) is 5.56 Å². The molecule has 3 nitrogen and oxygen atoms in total. The minimum Gasteiger partial charge on any atom is -0.315 e.